The maximum absolute atomic E-state index is 12.8. The number of amides is 1. The lowest BCUT2D eigenvalue weighted by molar-refractivity contribution is -0.115. The Balaban J connectivity index is 1.89. The number of thioether (sulfide) groups is 1. The summed E-state index contributed by atoms with van der Waals surface area (Å²) in [7, 11) is 0. The Morgan fingerprint density at radius 2 is 2.00 bits per heavy atom. The van der Waals surface area contributed by atoms with Gasteiger partial charge in [-0.2, -0.15) is 0 Å². The van der Waals surface area contributed by atoms with Crippen molar-refractivity contribution in [2.75, 3.05) is 5.32 Å². The number of halogens is 1. The summed E-state index contributed by atoms with van der Waals surface area (Å²) in [5.74, 6) is -0.131. The first-order valence-electron chi connectivity index (χ1n) is 8.22. The number of aromatic nitrogens is 2. The monoisotopic (exact) mass is 431 g/mol. The lowest BCUT2D eigenvalue weighted by Crippen LogP contribution is -2.26. The largest absolute Gasteiger partial charge is 0.325 e. The molecular weight excluding hydrogens is 414 g/mol. The van der Waals surface area contributed by atoms with E-state index in [4.69, 9.17) is 0 Å². The van der Waals surface area contributed by atoms with Crippen LogP contribution >= 0.6 is 27.7 Å². The highest BCUT2D eigenvalue weighted by molar-refractivity contribution is 9.10. The predicted molar refractivity (Wildman–Crippen MR) is 110 cm³/mol. The molecule has 0 spiro atoms. The van der Waals surface area contributed by atoms with Crippen LogP contribution < -0.4 is 10.9 Å². The normalized spacial score (nSPS) is 12.1. The van der Waals surface area contributed by atoms with Crippen LogP contribution in [0.1, 0.15) is 13.8 Å². The standard InChI is InChI=1S/C19H18BrN3O2S/c1-3-23-18(25)15-11-13(20)9-10-16(15)22-19(23)26-12(2)17(24)21-14-7-5-4-6-8-14/h4-12H,3H2,1-2H3,(H,21,24). The van der Waals surface area contributed by atoms with E-state index in [1.165, 1.54) is 11.8 Å². The third-order valence-corrected chi connectivity index (χ3v) is 5.47. The van der Waals surface area contributed by atoms with Gasteiger partial charge in [-0.3, -0.25) is 14.2 Å². The molecule has 134 valence electrons. The predicted octanol–water partition coefficient (Wildman–Crippen LogP) is 4.30. The van der Waals surface area contributed by atoms with Crippen LogP contribution in [0.4, 0.5) is 5.69 Å². The quantitative estimate of drug-likeness (QED) is 0.483. The molecular formula is C19H18BrN3O2S. The molecule has 0 aliphatic heterocycles. The average molecular weight is 432 g/mol. The fourth-order valence-corrected chi connectivity index (χ4v) is 3.85. The van der Waals surface area contributed by atoms with Crippen molar-refractivity contribution in [3.63, 3.8) is 0 Å². The van der Waals surface area contributed by atoms with Crippen molar-refractivity contribution in [1.82, 2.24) is 9.55 Å². The number of hydrogen-bond donors (Lipinski definition) is 1. The van der Waals surface area contributed by atoms with Gasteiger partial charge in [-0.1, -0.05) is 45.9 Å². The van der Waals surface area contributed by atoms with Crippen molar-refractivity contribution >= 4 is 50.2 Å². The van der Waals surface area contributed by atoms with Gasteiger partial charge in [0.15, 0.2) is 5.16 Å². The van der Waals surface area contributed by atoms with Crippen molar-refractivity contribution in [3.8, 4) is 0 Å². The summed E-state index contributed by atoms with van der Waals surface area (Å²) in [5.41, 5.74) is 1.27. The molecule has 1 N–H and O–H groups in total. The number of fused-ring (bicyclic) bond motifs is 1. The summed E-state index contributed by atoms with van der Waals surface area (Å²) in [4.78, 5) is 29.8. The van der Waals surface area contributed by atoms with Crippen molar-refractivity contribution in [3.05, 3.63) is 63.4 Å². The first-order chi connectivity index (χ1) is 12.5. The number of nitrogens with one attached hydrogen (secondary N) is 1. The van der Waals surface area contributed by atoms with E-state index in [0.717, 1.165) is 10.2 Å². The van der Waals surface area contributed by atoms with Gasteiger partial charge in [-0.05, 0) is 44.2 Å². The molecule has 5 nitrogen and oxygen atoms in total. The minimum absolute atomic E-state index is 0.100. The fraction of sp³-hybridized carbons (Fsp3) is 0.211. The molecule has 1 heterocycles. The third kappa shape index (κ3) is 3.99. The Labute approximate surface area is 164 Å². The minimum Gasteiger partial charge on any atom is -0.325 e. The van der Waals surface area contributed by atoms with Gasteiger partial charge in [0.2, 0.25) is 5.91 Å². The number of carbonyl (C=O) groups is 1. The van der Waals surface area contributed by atoms with Crippen LogP contribution in [0.3, 0.4) is 0 Å². The molecule has 26 heavy (non-hydrogen) atoms. The highest BCUT2D eigenvalue weighted by atomic mass is 79.9. The summed E-state index contributed by atoms with van der Waals surface area (Å²) < 4.78 is 2.44. The number of rotatable bonds is 5. The van der Waals surface area contributed by atoms with Gasteiger partial charge in [0.1, 0.15) is 0 Å². The molecule has 1 unspecified atom stereocenters. The number of nitrogens with zero attached hydrogens (tertiary/aromatic N) is 2. The van der Waals surface area contributed by atoms with E-state index in [1.54, 1.807) is 23.6 Å². The van der Waals surface area contributed by atoms with Gasteiger partial charge in [0.25, 0.3) is 5.56 Å². The van der Waals surface area contributed by atoms with E-state index < -0.39 is 5.25 Å². The molecule has 0 bridgehead atoms. The number of benzene rings is 2. The maximum Gasteiger partial charge on any atom is 0.262 e. The van der Waals surface area contributed by atoms with Crippen LogP contribution in [0.2, 0.25) is 0 Å². The van der Waals surface area contributed by atoms with Gasteiger partial charge in [-0.15, -0.1) is 0 Å². The third-order valence-electron chi connectivity index (χ3n) is 3.89. The first kappa shape index (κ1) is 18.7. The summed E-state index contributed by atoms with van der Waals surface area (Å²) in [6.45, 7) is 4.19. The Kier molecular flexibility index (Phi) is 5.78. The average Bonchev–Trinajstić information content (AvgIpc) is 2.63. The molecule has 1 aromatic heterocycles. The van der Waals surface area contributed by atoms with Crippen LogP contribution in [0.25, 0.3) is 10.9 Å². The second-order valence-corrected chi connectivity index (χ2v) is 7.94. The minimum atomic E-state index is -0.396. The van der Waals surface area contributed by atoms with Gasteiger partial charge in [-0.25, -0.2) is 4.98 Å². The number of anilines is 1. The summed E-state index contributed by atoms with van der Waals surface area (Å²) in [6.07, 6.45) is 0. The van der Waals surface area contributed by atoms with Crippen LogP contribution in [0.15, 0.2) is 63.0 Å². The van der Waals surface area contributed by atoms with Gasteiger partial charge >= 0.3 is 0 Å². The highest BCUT2D eigenvalue weighted by Gasteiger charge is 2.19. The van der Waals surface area contributed by atoms with Gasteiger partial charge in [0, 0.05) is 16.7 Å². The molecule has 1 amide bonds. The first-order valence-corrected chi connectivity index (χ1v) is 9.89. The van der Waals surface area contributed by atoms with E-state index in [1.807, 2.05) is 43.3 Å². The highest BCUT2D eigenvalue weighted by Crippen LogP contribution is 2.24. The smallest absolute Gasteiger partial charge is 0.262 e. The Morgan fingerprint density at radius 1 is 1.27 bits per heavy atom. The zero-order chi connectivity index (χ0) is 18.7. The summed E-state index contributed by atoms with van der Waals surface area (Å²) in [5, 5.41) is 3.59. The second kappa shape index (κ2) is 8.05. The van der Waals surface area contributed by atoms with E-state index in [0.29, 0.717) is 22.6 Å². The van der Waals surface area contributed by atoms with E-state index in [2.05, 4.69) is 26.2 Å². The Bertz CT molecular complexity index is 1000. The summed E-state index contributed by atoms with van der Waals surface area (Å²) in [6, 6.07) is 14.7. The molecule has 0 aliphatic carbocycles. The van der Waals surface area contributed by atoms with Crippen LogP contribution in [0.5, 0.6) is 0 Å². The zero-order valence-corrected chi connectivity index (χ0v) is 16.8. The van der Waals surface area contributed by atoms with Crippen molar-refractivity contribution in [1.29, 1.82) is 0 Å². The molecule has 0 radical (unpaired) electrons. The second-order valence-electron chi connectivity index (χ2n) is 5.72. The maximum atomic E-state index is 12.8. The molecule has 0 saturated carbocycles. The topological polar surface area (TPSA) is 64.0 Å². The SMILES string of the molecule is CCn1c(SC(C)C(=O)Nc2ccccc2)nc2ccc(Br)cc2c1=O. The molecule has 3 rings (SSSR count). The number of para-hydroxylation sites is 1. The van der Waals surface area contributed by atoms with Crippen molar-refractivity contribution < 1.29 is 4.79 Å². The van der Waals surface area contributed by atoms with Crippen molar-refractivity contribution in [2.45, 2.75) is 30.8 Å². The molecule has 0 saturated heterocycles. The van der Waals surface area contributed by atoms with Gasteiger partial charge < -0.3 is 5.32 Å². The van der Waals surface area contributed by atoms with Gasteiger partial charge in [0.05, 0.1) is 16.2 Å². The molecule has 1 atom stereocenters. The van der Waals surface area contributed by atoms with Crippen LogP contribution in [0, 0.1) is 0 Å². The zero-order valence-electron chi connectivity index (χ0n) is 14.4. The molecule has 0 fully saturated rings. The Hall–Kier alpha value is -2.12. The Morgan fingerprint density at radius 3 is 2.69 bits per heavy atom. The van der Waals surface area contributed by atoms with E-state index in [-0.39, 0.29) is 11.5 Å². The molecule has 3 aromatic rings. The molecule has 7 heteroatoms. The molecule has 2 aromatic carbocycles. The number of carbonyl (C=O) groups excluding carboxylic acids is 1. The van der Waals surface area contributed by atoms with E-state index in [9.17, 15) is 9.59 Å². The summed E-state index contributed by atoms with van der Waals surface area (Å²) >= 11 is 4.67. The van der Waals surface area contributed by atoms with Crippen LogP contribution in [-0.4, -0.2) is 20.7 Å². The van der Waals surface area contributed by atoms with Crippen LogP contribution in [-0.2, 0) is 11.3 Å². The molecule has 0 aliphatic rings. The van der Waals surface area contributed by atoms with E-state index >= 15 is 0 Å². The fourth-order valence-electron chi connectivity index (χ4n) is 2.52. The van der Waals surface area contributed by atoms with Crippen molar-refractivity contribution in [2.24, 2.45) is 0 Å². The lowest BCUT2D eigenvalue weighted by atomic mass is 10.2. The lowest BCUT2D eigenvalue weighted by Gasteiger charge is -2.15. The number of hydrogen-bond acceptors (Lipinski definition) is 4.